The molecule has 0 amide bonds. The van der Waals surface area contributed by atoms with Crippen LogP contribution in [0.1, 0.15) is 36.1 Å². The van der Waals surface area contributed by atoms with Crippen molar-refractivity contribution in [2.75, 3.05) is 11.9 Å². The molecule has 1 aliphatic heterocycles. The smallest absolute Gasteiger partial charge is 0.0488 e. The Morgan fingerprint density at radius 1 is 0.382 bits per heavy atom. The molecule has 0 aromatic heterocycles. The van der Waals surface area contributed by atoms with Gasteiger partial charge < -0.3 is 4.90 Å². The summed E-state index contributed by atoms with van der Waals surface area (Å²) in [5, 5.41) is 7.56. The highest BCUT2D eigenvalue weighted by Gasteiger charge is 2.35. The molecule has 0 unspecified atom stereocenters. The van der Waals surface area contributed by atoms with Gasteiger partial charge in [0.05, 0.1) is 0 Å². The third-order valence-corrected chi connectivity index (χ3v) is 12.4. The molecule has 0 spiro atoms. The first-order chi connectivity index (χ1) is 27.0. The highest BCUT2D eigenvalue weighted by Crippen LogP contribution is 2.52. The van der Waals surface area contributed by atoms with Crippen LogP contribution >= 0.6 is 0 Å². The third kappa shape index (κ3) is 4.73. The van der Waals surface area contributed by atoms with E-state index in [0.717, 1.165) is 0 Å². The summed E-state index contributed by atoms with van der Waals surface area (Å²) in [6, 6.07) is 63.5. The van der Waals surface area contributed by atoms with Gasteiger partial charge in [-0.15, -0.1) is 0 Å². The quantitative estimate of drug-likeness (QED) is 0.166. The second-order valence-electron chi connectivity index (χ2n) is 15.7. The molecule has 9 aromatic rings. The van der Waals surface area contributed by atoms with E-state index in [2.05, 4.69) is 208 Å². The molecule has 1 heterocycles. The summed E-state index contributed by atoms with van der Waals surface area (Å²) < 4.78 is 0. The van der Waals surface area contributed by atoms with Gasteiger partial charge in [0.25, 0.3) is 0 Å². The van der Waals surface area contributed by atoms with Crippen molar-refractivity contribution in [3.63, 3.8) is 0 Å². The van der Waals surface area contributed by atoms with Crippen molar-refractivity contribution < 1.29 is 0 Å². The van der Waals surface area contributed by atoms with E-state index >= 15 is 0 Å². The molecule has 260 valence electrons. The van der Waals surface area contributed by atoms with Crippen molar-refractivity contribution in [2.24, 2.45) is 0 Å². The van der Waals surface area contributed by atoms with Crippen molar-refractivity contribution in [1.82, 2.24) is 0 Å². The summed E-state index contributed by atoms with van der Waals surface area (Å²) in [6.07, 6.45) is 4.49. The first-order valence-corrected chi connectivity index (χ1v) is 19.3. The number of benzene rings is 9. The molecule has 1 aliphatic carbocycles. The zero-order valence-electron chi connectivity index (χ0n) is 31.3. The fraction of sp³-hybridized carbons (Fsp3) is 0.0741. The molecule has 55 heavy (non-hydrogen) atoms. The Hall–Kier alpha value is -6.70. The highest BCUT2D eigenvalue weighted by molar-refractivity contribution is 6.22. The fourth-order valence-electron chi connectivity index (χ4n) is 9.69. The Morgan fingerprint density at radius 2 is 0.964 bits per heavy atom. The van der Waals surface area contributed by atoms with Crippen LogP contribution in [-0.4, -0.2) is 7.05 Å². The molecular formula is C54H39N. The summed E-state index contributed by atoms with van der Waals surface area (Å²) in [4.78, 5) is 2.34. The van der Waals surface area contributed by atoms with Gasteiger partial charge in [0.15, 0.2) is 0 Å². The number of fused-ring (bicyclic) bond motifs is 8. The van der Waals surface area contributed by atoms with Crippen LogP contribution in [0.3, 0.4) is 0 Å². The van der Waals surface area contributed by atoms with E-state index in [1.165, 1.54) is 110 Å². The van der Waals surface area contributed by atoms with Gasteiger partial charge in [0.2, 0.25) is 0 Å². The summed E-state index contributed by atoms with van der Waals surface area (Å²) >= 11 is 0. The van der Waals surface area contributed by atoms with Crippen LogP contribution < -0.4 is 4.90 Å². The zero-order chi connectivity index (χ0) is 36.8. The normalized spacial score (nSPS) is 13.8. The number of nitrogens with zero attached hydrogens (tertiary/aromatic N) is 1. The number of para-hydroxylation sites is 1. The van der Waals surface area contributed by atoms with Crippen molar-refractivity contribution >= 4 is 55.8 Å². The molecule has 0 fully saturated rings. The number of hydrogen-bond acceptors (Lipinski definition) is 1. The maximum Gasteiger partial charge on any atom is 0.0488 e. The molecule has 0 atom stereocenters. The average Bonchev–Trinajstić information content (AvgIpc) is 3.36. The lowest BCUT2D eigenvalue weighted by Gasteiger charge is -2.24. The van der Waals surface area contributed by atoms with Gasteiger partial charge in [-0.25, -0.2) is 0 Å². The first kappa shape index (κ1) is 31.8. The molecule has 9 aromatic carbocycles. The molecule has 11 rings (SSSR count). The van der Waals surface area contributed by atoms with Crippen LogP contribution in [0.5, 0.6) is 0 Å². The van der Waals surface area contributed by atoms with Crippen molar-refractivity contribution in [3.8, 4) is 44.5 Å². The zero-order valence-corrected chi connectivity index (χ0v) is 31.3. The Balaban J connectivity index is 1.21. The van der Waals surface area contributed by atoms with Crippen LogP contribution in [0.4, 0.5) is 11.4 Å². The summed E-state index contributed by atoms with van der Waals surface area (Å²) in [5.74, 6) is 0. The number of rotatable bonds is 3. The van der Waals surface area contributed by atoms with Gasteiger partial charge in [0.1, 0.15) is 0 Å². The monoisotopic (exact) mass is 701 g/mol. The molecule has 1 heteroatoms. The first-order valence-electron chi connectivity index (χ1n) is 19.3. The minimum atomic E-state index is -0.0474. The molecule has 0 saturated carbocycles. The Bertz CT molecular complexity index is 3080. The van der Waals surface area contributed by atoms with E-state index in [-0.39, 0.29) is 5.41 Å². The van der Waals surface area contributed by atoms with Crippen molar-refractivity contribution in [3.05, 3.63) is 192 Å². The lowest BCUT2D eigenvalue weighted by molar-refractivity contribution is 0.660. The average molecular weight is 702 g/mol. The third-order valence-electron chi connectivity index (χ3n) is 12.4. The van der Waals surface area contributed by atoms with Gasteiger partial charge >= 0.3 is 0 Å². The van der Waals surface area contributed by atoms with Gasteiger partial charge in [-0.3, -0.25) is 0 Å². The topological polar surface area (TPSA) is 3.24 Å². The van der Waals surface area contributed by atoms with Crippen LogP contribution in [0, 0.1) is 0 Å². The van der Waals surface area contributed by atoms with E-state index in [1.807, 2.05) is 0 Å². The summed E-state index contributed by atoms with van der Waals surface area (Å²) in [6.45, 7) is 4.72. The summed E-state index contributed by atoms with van der Waals surface area (Å²) in [7, 11) is 2.19. The predicted octanol–water partition coefficient (Wildman–Crippen LogP) is 14.7. The van der Waals surface area contributed by atoms with Crippen molar-refractivity contribution in [2.45, 2.75) is 19.3 Å². The molecule has 1 nitrogen and oxygen atoms in total. The van der Waals surface area contributed by atoms with E-state index < -0.39 is 0 Å². The molecule has 0 saturated heterocycles. The van der Waals surface area contributed by atoms with Gasteiger partial charge in [0, 0.05) is 23.8 Å². The molecule has 0 N–H and O–H groups in total. The minimum absolute atomic E-state index is 0.0474. The van der Waals surface area contributed by atoms with E-state index in [4.69, 9.17) is 0 Å². The maximum atomic E-state index is 2.47. The van der Waals surface area contributed by atoms with Gasteiger partial charge in [-0.05, 0) is 123 Å². The molecule has 0 bridgehead atoms. The number of hydrogen-bond donors (Lipinski definition) is 0. The fourth-order valence-corrected chi connectivity index (χ4v) is 9.69. The Labute approximate surface area is 322 Å². The summed E-state index contributed by atoms with van der Waals surface area (Å²) in [5.41, 5.74) is 17.8. The second kappa shape index (κ2) is 11.9. The van der Waals surface area contributed by atoms with Gasteiger partial charge in [-0.2, -0.15) is 0 Å². The van der Waals surface area contributed by atoms with Gasteiger partial charge in [-0.1, -0.05) is 172 Å². The van der Waals surface area contributed by atoms with E-state index in [1.54, 1.807) is 0 Å². The standard InChI is InChI=1S/C54H39N/c1-54(2)48-21-10-9-17-42(48)46-32-38(28-30-49(46)54)53-44-19-8-7-18-43(44)52(39-26-25-36-24-23-35-14-5-11-22-50(35)55(3)51(36)33-39)45-29-27-37(31-47(45)53)41-20-12-15-34-13-4-6-16-40(34)41/h4-33H,1-3H3. The Kier molecular flexibility index (Phi) is 6.88. The lowest BCUT2D eigenvalue weighted by atomic mass is 9.81. The van der Waals surface area contributed by atoms with Crippen LogP contribution in [0.15, 0.2) is 170 Å². The van der Waals surface area contributed by atoms with Crippen LogP contribution in [0.2, 0.25) is 0 Å². The lowest BCUT2D eigenvalue weighted by Crippen LogP contribution is -2.14. The van der Waals surface area contributed by atoms with Crippen molar-refractivity contribution in [1.29, 1.82) is 0 Å². The van der Waals surface area contributed by atoms with E-state index in [9.17, 15) is 0 Å². The van der Waals surface area contributed by atoms with Crippen LogP contribution in [-0.2, 0) is 5.41 Å². The van der Waals surface area contributed by atoms with E-state index in [0.29, 0.717) is 0 Å². The SMILES string of the molecule is CN1c2ccccc2C=Cc2ccc(-c3c4ccccc4c(-c4ccc5c(c4)-c4ccccc4C5(C)C)c4cc(-c5cccc6ccccc56)ccc34)cc21. The maximum absolute atomic E-state index is 2.47. The Morgan fingerprint density at radius 3 is 1.82 bits per heavy atom. The highest BCUT2D eigenvalue weighted by atomic mass is 15.1. The second-order valence-corrected chi connectivity index (χ2v) is 15.7. The largest absolute Gasteiger partial charge is 0.344 e. The number of anilines is 2. The van der Waals surface area contributed by atoms with Crippen LogP contribution in [0.25, 0.3) is 89.0 Å². The molecular weight excluding hydrogens is 663 g/mol. The molecule has 0 radical (unpaired) electrons. The predicted molar refractivity (Wildman–Crippen MR) is 236 cm³/mol. The molecule has 2 aliphatic rings. The minimum Gasteiger partial charge on any atom is -0.344 e.